The van der Waals surface area contributed by atoms with E-state index in [4.69, 9.17) is 26.4 Å². The van der Waals surface area contributed by atoms with Gasteiger partial charge in [0.2, 0.25) is 0 Å². The molecule has 2 fully saturated rings. The van der Waals surface area contributed by atoms with Crippen molar-refractivity contribution < 1.29 is 19.0 Å². The molecule has 2 aliphatic rings. The standard InChI is InChI=1S/C17H19NO4S2/c1-20-12-6-5-11(14(9-12)21-2)8-15-16(19)18(17(23)24-15)10-13-4-3-7-22-13/h5-6,8-9,13H,3-4,7,10H2,1-2H3/b15-8-/t13-/m0/s1. The van der Waals surface area contributed by atoms with Crippen LogP contribution in [-0.2, 0) is 9.53 Å². The molecule has 3 rings (SSSR count). The zero-order chi connectivity index (χ0) is 17.1. The summed E-state index contributed by atoms with van der Waals surface area (Å²) in [6, 6.07) is 5.49. The van der Waals surface area contributed by atoms with Gasteiger partial charge in [0.25, 0.3) is 5.91 Å². The van der Waals surface area contributed by atoms with Crippen molar-refractivity contribution >= 4 is 40.3 Å². The van der Waals surface area contributed by atoms with Gasteiger partial charge < -0.3 is 14.2 Å². The number of methoxy groups -OCH3 is 2. The van der Waals surface area contributed by atoms with E-state index in [2.05, 4.69) is 0 Å². The fraction of sp³-hybridized carbons (Fsp3) is 0.412. The van der Waals surface area contributed by atoms with Gasteiger partial charge in [-0.15, -0.1) is 0 Å². The van der Waals surface area contributed by atoms with Gasteiger partial charge in [-0.1, -0.05) is 24.0 Å². The Morgan fingerprint density at radius 1 is 1.42 bits per heavy atom. The van der Waals surface area contributed by atoms with Crippen molar-refractivity contribution in [1.29, 1.82) is 0 Å². The predicted molar refractivity (Wildman–Crippen MR) is 98.4 cm³/mol. The lowest BCUT2D eigenvalue weighted by molar-refractivity contribution is -0.123. The van der Waals surface area contributed by atoms with Gasteiger partial charge in [0.15, 0.2) is 0 Å². The van der Waals surface area contributed by atoms with Crippen molar-refractivity contribution in [3.8, 4) is 11.5 Å². The van der Waals surface area contributed by atoms with E-state index < -0.39 is 0 Å². The van der Waals surface area contributed by atoms with Crippen LogP contribution in [0.1, 0.15) is 18.4 Å². The van der Waals surface area contributed by atoms with Crippen LogP contribution >= 0.6 is 24.0 Å². The third kappa shape index (κ3) is 3.58. The maximum atomic E-state index is 12.7. The highest BCUT2D eigenvalue weighted by Gasteiger charge is 2.34. The number of ether oxygens (including phenoxy) is 3. The third-order valence-electron chi connectivity index (χ3n) is 4.01. The first-order valence-corrected chi connectivity index (χ1v) is 8.94. The Labute approximate surface area is 150 Å². The van der Waals surface area contributed by atoms with Gasteiger partial charge >= 0.3 is 0 Å². The number of nitrogens with zero attached hydrogens (tertiary/aromatic N) is 1. The quantitative estimate of drug-likeness (QED) is 0.590. The van der Waals surface area contributed by atoms with E-state index in [0.717, 1.165) is 25.0 Å². The summed E-state index contributed by atoms with van der Waals surface area (Å²) in [6.45, 7) is 1.29. The highest BCUT2D eigenvalue weighted by Crippen LogP contribution is 2.35. The van der Waals surface area contributed by atoms with Gasteiger partial charge in [-0.2, -0.15) is 0 Å². The average Bonchev–Trinajstić information content (AvgIpc) is 3.19. The summed E-state index contributed by atoms with van der Waals surface area (Å²) >= 11 is 6.68. The van der Waals surface area contributed by atoms with Crippen molar-refractivity contribution in [2.45, 2.75) is 18.9 Å². The Morgan fingerprint density at radius 2 is 2.25 bits per heavy atom. The first kappa shape index (κ1) is 17.3. The van der Waals surface area contributed by atoms with Crippen LogP contribution in [0.25, 0.3) is 6.08 Å². The van der Waals surface area contributed by atoms with E-state index in [9.17, 15) is 4.79 Å². The number of hydrogen-bond acceptors (Lipinski definition) is 6. The number of carbonyl (C=O) groups excluding carboxylic acids is 1. The fourth-order valence-corrected chi connectivity index (χ4v) is 3.99. The molecule has 1 atom stereocenters. The monoisotopic (exact) mass is 365 g/mol. The molecule has 7 heteroatoms. The molecule has 0 spiro atoms. The second-order valence-corrected chi connectivity index (χ2v) is 7.21. The molecule has 0 radical (unpaired) electrons. The highest BCUT2D eigenvalue weighted by molar-refractivity contribution is 8.26. The zero-order valence-electron chi connectivity index (χ0n) is 13.6. The van der Waals surface area contributed by atoms with Gasteiger partial charge in [-0.3, -0.25) is 9.69 Å². The molecular weight excluding hydrogens is 346 g/mol. The van der Waals surface area contributed by atoms with Crippen LogP contribution in [0.15, 0.2) is 23.1 Å². The summed E-state index contributed by atoms with van der Waals surface area (Å²) in [6.07, 6.45) is 3.91. The molecule has 2 heterocycles. The van der Waals surface area contributed by atoms with Gasteiger partial charge in [0.05, 0.1) is 31.8 Å². The molecule has 0 bridgehead atoms. The van der Waals surface area contributed by atoms with Crippen LogP contribution in [0.2, 0.25) is 0 Å². The van der Waals surface area contributed by atoms with Gasteiger partial charge in [-0.05, 0) is 31.1 Å². The second kappa shape index (κ2) is 7.55. The molecule has 1 aromatic rings. The zero-order valence-corrected chi connectivity index (χ0v) is 15.2. The maximum absolute atomic E-state index is 12.7. The minimum Gasteiger partial charge on any atom is -0.497 e. The molecule has 0 aliphatic carbocycles. The normalized spacial score (nSPS) is 22.5. The molecule has 0 aromatic heterocycles. The first-order chi connectivity index (χ1) is 11.6. The molecule has 2 aliphatic heterocycles. The molecule has 0 unspecified atom stereocenters. The molecular formula is C17H19NO4S2. The Morgan fingerprint density at radius 3 is 2.92 bits per heavy atom. The number of hydrogen-bond donors (Lipinski definition) is 0. The minimum absolute atomic E-state index is 0.0710. The minimum atomic E-state index is -0.0710. The molecule has 0 saturated carbocycles. The van der Waals surface area contributed by atoms with Crippen LogP contribution in [0.4, 0.5) is 0 Å². The number of rotatable bonds is 5. The lowest BCUT2D eigenvalue weighted by Gasteiger charge is -2.18. The van der Waals surface area contributed by atoms with E-state index in [0.29, 0.717) is 27.3 Å². The van der Waals surface area contributed by atoms with Crippen molar-refractivity contribution in [2.75, 3.05) is 27.4 Å². The van der Waals surface area contributed by atoms with E-state index in [1.807, 2.05) is 18.2 Å². The summed E-state index contributed by atoms with van der Waals surface area (Å²) in [7, 11) is 3.19. The molecule has 1 amide bonds. The van der Waals surface area contributed by atoms with Crippen LogP contribution in [0, 0.1) is 0 Å². The Hall–Kier alpha value is -1.57. The van der Waals surface area contributed by atoms with Gasteiger partial charge in [-0.25, -0.2) is 0 Å². The predicted octanol–water partition coefficient (Wildman–Crippen LogP) is 3.08. The van der Waals surface area contributed by atoms with Crippen molar-refractivity contribution in [2.24, 2.45) is 0 Å². The molecule has 5 nitrogen and oxygen atoms in total. The van der Waals surface area contributed by atoms with E-state index in [1.54, 1.807) is 25.2 Å². The van der Waals surface area contributed by atoms with E-state index >= 15 is 0 Å². The smallest absolute Gasteiger partial charge is 0.266 e. The molecule has 2 saturated heterocycles. The van der Waals surface area contributed by atoms with Gasteiger partial charge in [0, 0.05) is 18.2 Å². The van der Waals surface area contributed by atoms with Gasteiger partial charge in [0.1, 0.15) is 15.8 Å². The Kier molecular flexibility index (Phi) is 5.43. The van der Waals surface area contributed by atoms with Crippen molar-refractivity contribution in [1.82, 2.24) is 4.90 Å². The number of thioether (sulfide) groups is 1. The van der Waals surface area contributed by atoms with Crippen molar-refractivity contribution in [3.63, 3.8) is 0 Å². The SMILES string of the molecule is COc1ccc(/C=C2\SC(=S)N(C[C@@H]3CCCO3)C2=O)c(OC)c1. The summed E-state index contributed by atoms with van der Waals surface area (Å²) in [4.78, 5) is 14.9. The lowest BCUT2D eigenvalue weighted by Crippen LogP contribution is -2.35. The number of thiocarbonyl (C=S) groups is 1. The average molecular weight is 365 g/mol. The van der Waals surface area contributed by atoms with E-state index in [-0.39, 0.29) is 12.0 Å². The number of carbonyl (C=O) groups is 1. The molecule has 24 heavy (non-hydrogen) atoms. The third-order valence-corrected chi connectivity index (χ3v) is 5.39. The topological polar surface area (TPSA) is 48.0 Å². The lowest BCUT2D eigenvalue weighted by atomic mass is 10.1. The van der Waals surface area contributed by atoms with Crippen molar-refractivity contribution in [3.05, 3.63) is 28.7 Å². The summed E-state index contributed by atoms with van der Waals surface area (Å²) < 4.78 is 16.8. The summed E-state index contributed by atoms with van der Waals surface area (Å²) in [5.41, 5.74) is 0.816. The molecule has 128 valence electrons. The van der Waals surface area contributed by atoms with Crippen LogP contribution < -0.4 is 9.47 Å². The second-order valence-electron chi connectivity index (χ2n) is 5.54. The Bertz CT molecular complexity index is 683. The Balaban J connectivity index is 1.80. The molecule has 1 aromatic carbocycles. The summed E-state index contributed by atoms with van der Waals surface area (Å²) in [5.74, 6) is 1.28. The first-order valence-electron chi connectivity index (χ1n) is 7.71. The largest absolute Gasteiger partial charge is 0.497 e. The van der Waals surface area contributed by atoms with Crippen LogP contribution in [-0.4, -0.2) is 48.6 Å². The summed E-state index contributed by atoms with van der Waals surface area (Å²) in [5, 5.41) is 0. The van der Waals surface area contributed by atoms with Crippen LogP contribution in [0.5, 0.6) is 11.5 Å². The number of benzene rings is 1. The maximum Gasteiger partial charge on any atom is 0.266 e. The highest BCUT2D eigenvalue weighted by atomic mass is 32.2. The fourth-order valence-electron chi connectivity index (χ4n) is 2.73. The molecule has 0 N–H and O–H groups in total. The van der Waals surface area contributed by atoms with E-state index in [1.165, 1.54) is 11.8 Å². The number of amides is 1. The van der Waals surface area contributed by atoms with Crippen LogP contribution in [0.3, 0.4) is 0 Å².